The average Bonchev–Trinajstić information content (AvgIpc) is 3.29. The van der Waals surface area contributed by atoms with Crippen LogP contribution in [0.25, 0.3) is 21.7 Å². The van der Waals surface area contributed by atoms with Crippen molar-refractivity contribution in [3.05, 3.63) is 71.1 Å². The Morgan fingerprint density at radius 1 is 1.00 bits per heavy atom. The topological polar surface area (TPSA) is 102 Å². The molecule has 0 unspecified atom stereocenters. The van der Waals surface area contributed by atoms with Crippen molar-refractivity contribution >= 4 is 21.7 Å². The van der Waals surface area contributed by atoms with Crippen LogP contribution in [0.1, 0.15) is 22.5 Å². The summed E-state index contributed by atoms with van der Waals surface area (Å²) in [6, 6.07) is 8.30. The number of rotatable bonds is 4. The SMILES string of the molecule is Cn1cc2c(Cc3nnnn3C)c3cc(Cc4ccc(F)cc4)cnc3c(O)c2c1O. The number of phenols is 1. The van der Waals surface area contributed by atoms with Gasteiger partial charge in [-0.1, -0.05) is 12.1 Å². The van der Waals surface area contributed by atoms with Crippen LogP contribution in [0.5, 0.6) is 11.6 Å². The normalized spacial score (nSPS) is 11.6. The molecule has 9 heteroatoms. The summed E-state index contributed by atoms with van der Waals surface area (Å²) in [5, 5.41) is 34.9. The van der Waals surface area contributed by atoms with Crippen LogP contribution in [-0.4, -0.2) is 40.0 Å². The quantitative estimate of drug-likeness (QED) is 0.465. The molecule has 0 saturated carbocycles. The van der Waals surface area contributed by atoms with Gasteiger partial charge in [-0.15, -0.1) is 5.10 Å². The van der Waals surface area contributed by atoms with Gasteiger partial charge in [-0.3, -0.25) is 4.98 Å². The maximum Gasteiger partial charge on any atom is 0.202 e. The van der Waals surface area contributed by atoms with Crippen LogP contribution in [-0.2, 0) is 26.9 Å². The minimum absolute atomic E-state index is 0.0380. The molecule has 0 fully saturated rings. The molecule has 0 amide bonds. The summed E-state index contributed by atoms with van der Waals surface area (Å²) in [4.78, 5) is 4.50. The van der Waals surface area contributed by atoms with Gasteiger partial charge in [-0.05, 0) is 51.7 Å². The van der Waals surface area contributed by atoms with Crippen LogP contribution < -0.4 is 0 Å². The van der Waals surface area contributed by atoms with E-state index >= 15 is 0 Å². The first-order valence-corrected chi connectivity index (χ1v) is 9.68. The van der Waals surface area contributed by atoms with Gasteiger partial charge in [-0.2, -0.15) is 0 Å². The van der Waals surface area contributed by atoms with E-state index in [0.717, 1.165) is 22.1 Å². The van der Waals surface area contributed by atoms with E-state index in [1.54, 1.807) is 47.9 Å². The predicted octanol–water partition coefficient (Wildman–Crippen LogP) is 2.98. The van der Waals surface area contributed by atoms with Gasteiger partial charge in [0.2, 0.25) is 5.88 Å². The zero-order chi connectivity index (χ0) is 21.7. The Hall–Kier alpha value is -4.01. The highest BCUT2D eigenvalue weighted by molar-refractivity contribution is 6.09. The summed E-state index contributed by atoms with van der Waals surface area (Å²) < 4.78 is 16.4. The first kappa shape index (κ1) is 19.0. The van der Waals surface area contributed by atoms with Gasteiger partial charge >= 0.3 is 0 Å². The second-order valence-corrected chi connectivity index (χ2v) is 7.62. The van der Waals surface area contributed by atoms with Crippen molar-refractivity contribution in [1.29, 1.82) is 0 Å². The van der Waals surface area contributed by atoms with Gasteiger partial charge in [0, 0.05) is 43.7 Å². The lowest BCUT2D eigenvalue weighted by molar-refractivity contribution is 0.432. The number of pyridine rings is 1. The van der Waals surface area contributed by atoms with E-state index in [9.17, 15) is 14.6 Å². The molecule has 5 rings (SSSR count). The molecule has 3 heterocycles. The average molecular weight is 418 g/mol. The molecular formula is C22H19FN6O2. The Balaban J connectivity index is 1.73. The molecule has 0 aliphatic heterocycles. The van der Waals surface area contributed by atoms with E-state index < -0.39 is 0 Å². The molecule has 0 radical (unpaired) electrons. The number of aromatic nitrogens is 6. The number of hydrogen-bond acceptors (Lipinski definition) is 6. The molecule has 0 atom stereocenters. The summed E-state index contributed by atoms with van der Waals surface area (Å²) in [6.07, 6.45) is 4.41. The predicted molar refractivity (Wildman–Crippen MR) is 112 cm³/mol. The van der Waals surface area contributed by atoms with Gasteiger partial charge in [-0.25, -0.2) is 9.07 Å². The minimum atomic E-state index is -0.281. The Morgan fingerprint density at radius 3 is 2.48 bits per heavy atom. The molecule has 0 aliphatic carbocycles. The van der Waals surface area contributed by atoms with E-state index in [0.29, 0.717) is 35.0 Å². The lowest BCUT2D eigenvalue weighted by Crippen LogP contribution is -2.02. The fraction of sp³-hybridized carbons (Fsp3) is 0.182. The smallest absolute Gasteiger partial charge is 0.202 e. The van der Waals surface area contributed by atoms with Crippen molar-refractivity contribution in [3.8, 4) is 11.6 Å². The van der Waals surface area contributed by atoms with Crippen molar-refractivity contribution in [2.45, 2.75) is 12.8 Å². The van der Waals surface area contributed by atoms with Crippen LogP contribution in [0, 0.1) is 5.82 Å². The van der Waals surface area contributed by atoms with Crippen molar-refractivity contribution < 1.29 is 14.6 Å². The summed E-state index contributed by atoms with van der Waals surface area (Å²) in [5.41, 5.74) is 3.10. The summed E-state index contributed by atoms with van der Waals surface area (Å²) in [5.74, 6) is 0.247. The maximum atomic E-state index is 13.2. The molecule has 0 bridgehead atoms. The van der Waals surface area contributed by atoms with Gasteiger partial charge in [0.1, 0.15) is 11.3 Å². The molecular weight excluding hydrogens is 399 g/mol. The van der Waals surface area contributed by atoms with E-state index in [4.69, 9.17) is 0 Å². The highest BCUT2D eigenvalue weighted by Gasteiger charge is 2.22. The van der Waals surface area contributed by atoms with Gasteiger partial charge in [0.25, 0.3) is 0 Å². The number of phenolic OH excluding ortho intramolecular Hbond substituents is 1. The highest BCUT2D eigenvalue weighted by atomic mass is 19.1. The highest BCUT2D eigenvalue weighted by Crippen LogP contribution is 2.42. The molecule has 3 aromatic heterocycles. The fourth-order valence-electron chi connectivity index (χ4n) is 3.95. The lowest BCUT2D eigenvalue weighted by atomic mass is 9.96. The number of hydrogen-bond donors (Lipinski definition) is 2. The van der Waals surface area contributed by atoms with Crippen LogP contribution >= 0.6 is 0 Å². The van der Waals surface area contributed by atoms with Crippen LogP contribution in [0.2, 0.25) is 0 Å². The second-order valence-electron chi connectivity index (χ2n) is 7.62. The molecule has 0 spiro atoms. The van der Waals surface area contributed by atoms with E-state index in [1.807, 2.05) is 6.07 Å². The fourth-order valence-corrected chi connectivity index (χ4v) is 3.95. The third-order valence-electron chi connectivity index (χ3n) is 5.57. The summed E-state index contributed by atoms with van der Waals surface area (Å²) in [7, 11) is 3.47. The van der Waals surface area contributed by atoms with Crippen molar-refractivity contribution in [1.82, 2.24) is 29.8 Å². The maximum absolute atomic E-state index is 13.2. The summed E-state index contributed by atoms with van der Waals surface area (Å²) >= 11 is 0. The standard InChI is InChI=1S/C22H19FN6O2/c1-28-11-17-15(9-18-25-26-27-29(18)2)16-8-13(7-12-3-5-14(23)6-4-12)10-24-20(16)21(30)19(17)22(28)31/h3-6,8,10-11,30-31H,7,9H2,1-2H3. The minimum Gasteiger partial charge on any atom is -0.505 e. The number of benzene rings is 2. The van der Waals surface area contributed by atoms with E-state index in [1.165, 1.54) is 12.1 Å². The molecule has 31 heavy (non-hydrogen) atoms. The molecule has 0 saturated heterocycles. The van der Waals surface area contributed by atoms with Crippen molar-refractivity contribution in [2.24, 2.45) is 14.1 Å². The zero-order valence-corrected chi connectivity index (χ0v) is 16.9. The van der Waals surface area contributed by atoms with E-state index in [2.05, 4.69) is 20.5 Å². The number of aromatic hydroxyl groups is 2. The second kappa shape index (κ2) is 7.05. The number of tetrazole rings is 1. The van der Waals surface area contributed by atoms with E-state index in [-0.39, 0.29) is 17.4 Å². The number of nitrogens with zero attached hydrogens (tertiary/aromatic N) is 6. The molecule has 156 valence electrons. The van der Waals surface area contributed by atoms with Gasteiger partial charge in [0.05, 0.1) is 5.39 Å². The van der Waals surface area contributed by atoms with Crippen molar-refractivity contribution in [2.75, 3.05) is 0 Å². The van der Waals surface area contributed by atoms with Crippen LogP contribution in [0.3, 0.4) is 0 Å². The lowest BCUT2D eigenvalue weighted by Gasteiger charge is -2.12. The Labute approximate surface area is 176 Å². The first-order chi connectivity index (χ1) is 14.9. The molecule has 2 aromatic carbocycles. The number of aryl methyl sites for hydroxylation is 2. The first-order valence-electron chi connectivity index (χ1n) is 9.68. The summed E-state index contributed by atoms with van der Waals surface area (Å²) in [6.45, 7) is 0. The van der Waals surface area contributed by atoms with Gasteiger partial charge < -0.3 is 14.8 Å². The Kier molecular flexibility index (Phi) is 4.32. The van der Waals surface area contributed by atoms with Gasteiger partial charge in [0.15, 0.2) is 11.6 Å². The van der Waals surface area contributed by atoms with Crippen LogP contribution in [0.15, 0.2) is 42.7 Å². The Morgan fingerprint density at radius 2 is 1.77 bits per heavy atom. The zero-order valence-electron chi connectivity index (χ0n) is 16.9. The molecule has 2 N–H and O–H groups in total. The monoisotopic (exact) mass is 418 g/mol. The number of fused-ring (bicyclic) bond motifs is 2. The largest absolute Gasteiger partial charge is 0.505 e. The van der Waals surface area contributed by atoms with Crippen molar-refractivity contribution in [3.63, 3.8) is 0 Å². The third kappa shape index (κ3) is 3.14. The molecule has 5 aromatic rings. The molecule has 0 aliphatic rings. The number of halogens is 1. The molecule has 8 nitrogen and oxygen atoms in total. The third-order valence-corrected chi connectivity index (χ3v) is 5.57. The van der Waals surface area contributed by atoms with Crippen LogP contribution in [0.4, 0.5) is 4.39 Å². The Bertz CT molecular complexity index is 1440.